The molecule has 1 amide bonds. The Hall–Kier alpha value is -2.88. The lowest BCUT2D eigenvalue weighted by molar-refractivity contribution is 0.190. The summed E-state index contributed by atoms with van der Waals surface area (Å²) in [5.74, 6) is -1.54. The quantitative estimate of drug-likeness (QED) is 0.672. The van der Waals surface area contributed by atoms with Crippen molar-refractivity contribution in [1.82, 2.24) is 19.9 Å². The van der Waals surface area contributed by atoms with E-state index < -0.39 is 29.3 Å². The molecule has 7 nitrogen and oxygen atoms in total. The van der Waals surface area contributed by atoms with Crippen molar-refractivity contribution in [2.24, 2.45) is 0 Å². The highest BCUT2D eigenvalue weighted by atomic mass is 79.9. The van der Waals surface area contributed by atoms with Crippen LogP contribution in [0.3, 0.4) is 0 Å². The molecule has 2 N–H and O–H groups in total. The molecule has 3 aromatic rings. The standard InChI is InChI=1S/C16H11BrF2N4O3/c1-7(21-16(25)26)14-22-13-11(19)3-2-10(17)12(13)15(24)23(14)9-4-8(18)5-20-6-9/h2-7,21H,1H3,(H,25,26)/t7-/m0/s1. The van der Waals surface area contributed by atoms with Crippen molar-refractivity contribution in [3.05, 3.63) is 62.9 Å². The second-order valence-corrected chi connectivity index (χ2v) is 6.25. The molecule has 0 bridgehead atoms. The summed E-state index contributed by atoms with van der Waals surface area (Å²) in [7, 11) is 0. The highest BCUT2D eigenvalue weighted by Crippen LogP contribution is 2.25. The number of carboxylic acid groups (broad SMARTS) is 1. The predicted octanol–water partition coefficient (Wildman–Crippen LogP) is 3.15. The van der Waals surface area contributed by atoms with Crippen molar-refractivity contribution in [3.8, 4) is 5.69 Å². The number of benzene rings is 1. The summed E-state index contributed by atoms with van der Waals surface area (Å²) in [6, 6.07) is 2.55. The van der Waals surface area contributed by atoms with Crippen LogP contribution in [-0.2, 0) is 0 Å². The van der Waals surface area contributed by atoms with Gasteiger partial charge < -0.3 is 10.4 Å². The van der Waals surface area contributed by atoms with E-state index in [1.165, 1.54) is 19.2 Å². The van der Waals surface area contributed by atoms with E-state index in [1.807, 2.05) is 0 Å². The Balaban J connectivity index is 2.43. The van der Waals surface area contributed by atoms with E-state index in [2.05, 4.69) is 31.2 Å². The Labute approximate surface area is 153 Å². The van der Waals surface area contributed by atoms with Gasteiger partial charge in [0.05, 0.1) is 29.5 Å². The molecule has 26 heavy (non-hydrogen) atoms. The summed E-state index contributed by atoms with van der Waals surface area (Å²) in [6.45, 7) is 1.43. The van der Waals surface area contributed by atoms with Crippen LogP contribution in [-0.4, -0.2) is 25.7 Å². The Bertz CT molecular complexity index is 1090. The lowest BCUT2D eigenvalue weighted by Gasteiger charge is -2.18. The summed E-state index contributed by atoms with van der Waals surface area (Å²) in [5.41, 5.74) is -0.878. The molecule has 2 aromatic heterocycles. The summed E-state index contributed by atoms with van der Waals surface area (Å²) >= 11 is 3.19. The van der Waals surface area contributed by atoms with E-state index in [1.54, 1.807) is 0 Å². The number of carbonyl (C=O) groups is 1. The predicted molar refractivity (Wildman–Crippen MR) is 92.3 cm³/mol. The maximum absolute atomic E-state index is 14.2. The zero-order valence-electron chi connectivity index (χ0n) is 13.2. The number of fused-ring (bicyclic) bond motifs is 1. The van der Waals surface area contributed by atoms with Crippen LogP contribution in [0.15, 0.2) is 39.9 Å². The second kappa shape index (κ2) is 6.79. The van der Waals surface area contributed by atoms with Crippen LogP contribution in [0.5, 0.6) is 0 Å². The van der Waals surface area contributed by atoms with Gasteiger partial charge >= 0.3 is 6.09 Å². The van der Waals surface area contributed by atoms with E-state index >= 15 is 0 Å². The first-order chi connectivity index (χ1) is 12.3. The molecule has 134 valence electrons. The van der Waals surface area contributed by atoms with E-state index in [4.69, 9.17) is 5.11 Å². The van der Waals surface area contributed by atoms with Crippen LogP contribution in [0.25, 0.3) is 16.6 Å². The Morgan fingerprint density at radius 2 is 2.08 bits per heavy atom. The number of nitrogens with zero attached hydrogens (tertiary/aromatic N) is 3. The monoisotopic (exact) mass is 424 g/mol. The van der Waals surface area contributed by atoms with Crippen molar-refractivity contribution in [3.63, 3.8) is 0 Å². The molecule has 1 atom stereocenters. The summed E-state index contributed by atoms with van der Waals surface area (Å²) in [4.78, 5) is 31.8. The Morgan fingerprint density at radius 3 is 2.73 bits per heavy atom. The third-order valence-electron chi connectivity index (χ3n) is 3.63. The third-order valence-corrected chi connectivity index (χ3v) is 4.29. The zero-order valence-corrected chi connectivity index (χ0v) is 14.8. The summed E-state index contributed by atoms with van der Waals surface area (Å²) in [5, 5.41) is 11.1. The number of amides is 1. The van der Waals surface area contributed by atoms with E-state index in [0.29, 0.717) is 4.47 Å². The summed E-state index contributed by atoms with van der Waals surface area (Å²) < 4.78 is 29.1. The fourth-order valence-corrected chi connectivity index (χ4v) is 3.04. The van der Waals surface area contributed by atoms with Gasteiger partial charge in [-0.2, -0.15) is 0 Å². The van der Waals surface area contributed by atoms with Crippen molar-refractivity contribution < 1.29 is 18.7 Å². The van der Waals surface area contributed by atoms with E-state index in [0.717, 1.165) is 22.9 Å². The highest BCUT2D eigenvalue weighted by Gasteiger charge is 2.22. The molecule has 0 saturated heterocycles. The SMILES string of the molecule is C[C@H](NC(=O)O)c1nc2c(F)ccc(Br)c2c(=O)n1-c1cncc(F)c1. The van der Waals surface area contributed by atoms with Gasteiger partial charge in [-0.05, 0) is 35.0 Å². The topological polar surface area (TPSA) is 97.1 Å². The molecule has 0 fully saturated rings. The highest BCUT2D eigenvalue weighted by molar-refractivity contribution is 9.10. The van der Waals surface area contributed by atoms with Gasteiger partial charge in [0.25, 0.3) is 5.56 Å². The fourth-order valence-electron chi connectivity index (χ4n) is 2.55. The Kier molecular flexibility index (Phi) is 4.68. The lowest BCUT2D eigenvalue weighted by Crippen LogP contribution is -2.32. The van der Waals surface area contributed by atoms with Crippen molar-refractivity contribution >= 4 is 32.9 Å². The van der Waals surface area contributed by atoms with Gasteiger partial charge in [-0.15, -0.1) is 0 Å². The van der Waals surface area contributed by atoms with Crippen LogP contribution in [0.2, 0.25) is 0 Å². The average molecular weight is 425 g/mol. The van der Waals surface area contributed by atoms with Crippen molar-refractivity contribution in [2.45, 2.75) is 13.0 Å². The fraction of sp³-hybridized carbons (Fsp3) is 0.125. The first-order valence-electron chi connectivity index (χ1n) is 7.30. The first-order valence-corrected chi connectivity index (χ1v) is 8.10. The van der Waals surface area contributed by atoms with Gasteiger partial charge in [-0.25, -0.2) is 18.6 Å². The minimum Gasteiger partial charge on any atom is -0.465 e. The molecule has 0 unspecified atom stereocenters. The molecule has 0 saturated carbocycles. The van der Waals surface area contributed by atoms with Crippen molar-refractivity contribution in [2.75, 3.05) is 0 Å². The van der Waals surface area contributed by atoms with Crippen LogP contribution in [0.4, 0.5) is 13.6 Å². The minimum atomic E-state index is -1.36. The first kappa shape index (κ1) is 17.9. The third kappa shape index (κ3) is 3.15. The number of hydrogen-bond donors (Lipinski definition) is 2. The number of pyridine rings is 1. The van der Waals surface area contributed by atoms with Gasteiger partial charge in [0.1, 0.15) is 23.0 Å². The number of nitrogens with one attached hydrogen (secondary N) is 1. The normalized spacial score (nSPS) is 12.2. The smallest absolute Gasteiger partial charge is 0.405 e. The number of hydrogen-bond acceptors (Lipinski definition) is 4. The number of halogens is 3. The van der Waals surface area contributed by atoms with Crippen LogP contribution < -0.4 is 10.9 Å². The minimum absolute atomic E-state index is 0.0367. The molecule has 0 spiro atoms. The molecule has 1 aromatic carbocycles. The lowest BCUT2D eigenvalue weighted by atomic mass is 10.2. The van der Waals surface area contributed by atoms with Gasteiger partial charge in [0.2, 0.25) is 0 Å². The average Bonchev–Trinajstić information content (AvgIpc) is 2.57. The van der Waals surface area contributed by atoms with E-state index in [-0.39, 0.29) is 22.4 Å². The van der Waals surface area contributed by atoms with Crippen LogP contribution in [0.1, 0.15) is 18.8 Å². The molecule has 0 aliphatic heterocycles. The number of aromatic nitrogens is 3. The van der Waals surface area contributed by atoms with Gasteiger partial charge in [-0.3, -0.25) is 14.3 Å². The Morgan fingerprint density at radius 1 is 1.35 bits per heavy atom. The molecular formula is C16H11BrF2N4O3. The molecule has 2 heterocycles. The molecule has 0 aliphatic rings. The van der Waals surface area contributed by atoms with E-state index in [9.17, 15) is 18.4 Å². The second-order valence-electron chi connectivity index (χ2n) is 5.40. The maximum Gasteiger partial charge on any atom is 0.405 e. The van der Waals surface area contributed by atoms with Gasteiger partial charge in [0, 0.05) is 10.5 Å². The molecular weight excluding hydrogens is 414 g/mol. The molecule has 3 rings (SSSR count). The zero-order chi connectivity index (χ0) is 19.0. The maximum atomic E-state index is 14.2. The largest absolute Gasteiger partial charge is 0.465 e. The van der Waals surface area contributed by atoms with Crippen molar-refractivity contribution in [1.29, 1.82) is 0 Å². The van der Waals surface area contributed by atoms with Gasteiger partial charge in [-0.1, -0.05) is 0 Å². The molecule has 10 heteroatoms. The van der Waals surface area contributed by atoms with Crippen LogP contribution >= 0.6 is 15.9 Å². The summed E-state index contributed by atoms with van der Waals surface area (Å²) in [6.07, 6.45) is 0.824. The molecule has 0 aliphatic carbocycles. The number of rotatable bonds is 3. The van der Waals surface area contributed by atoms with Gasteiger partial charge in [0.15, 0.2) is 0 Å². The van der Waals surface area contributed by atoms with Crippen LogP contribution in [0, 0.1) is 11.6 Å². The molecule has 0 radical (unpaired) electrons.